The quantitative estimate of drug-likeness (QED) is 0.738. The van der Waals surface area contributed by atoms with Crippen LogP contribution in [0, 0.1) is 12.8 Å². The molecule has 0 bridgehead atoms. The average molecular weight is 350 g/mol. The molecule has 2 heterocycles. The van der Waals surface area contributed by atoms with Crippen molar-refractivity contribution in [2.75, 3.05) is 20.1 Å². The number of aromatic nitrogens is 2. The molecule has 2 aliphatic rings. The second kappa shape index (κ2) is 8.08. The number of hydrogen-bond donors (Lipinski definition) is 0. The highest BCUT2D eigenvalue weighted by Crippen LogP contribution is 2.24. The Labute approximate surface area is 148 Å². The minimum absolute atomic E-state index is 0.00958. The Morgan fingerprint density at radius 2 is 2.36 bits per heavy atom. The number of nitrogens with zero attached hydrogens (tertiary/aromatic N) is 4. The van der Waals surface area contributed by atoms with E-state index in [1.165, 1.54) is 0 Å². The Balaban J connectivity index is 1.54. The van der Waals surface area contributed by atoms with Gasteiger partial charge in [0, 0.05) is 39.5 Å². The van der Waals surface area contributed by atoms with Gasteiger partial charge < -0.3 is 9.42 Å². The minimum Gasteiger partial charge on any atom is -0.344 e. The third kappa shape index (κ3) is 4.87. The van der Waals surface area contributed by atoms with Crippen molar-refractivity contribution in [3.05, 3.63) is 23.9 Å². The van der Waals surface area contributed by atoms with Gasteiger partial charge >= 0.3 is 0 Å². The van der Waals surface area contributed by atoms with E-state index >= 15 is 0 Å². The number of amides is 1. The maximum Gasteiger partial charge on any atom is 0.223 e. The van der Waals surface area contributed by atoms with E-state index in [2.05, 4.69) is 22.3 Å². The van der Waals surface area contributed by atoms with Crippen LogP contribution in [-0.4, -0.2) is 58.2 Å². The normalized spacial score (nSPS) is 26.9. The van der Waals surface area contributed by atoms with Crippen molar-refractivity contribution in [3.63, 3.8) is 0 Å². The molecule has 25 heavy (non-hydrogen) atoms. The lowest BCUT2D eigenvalue weighted by Gasteiger charge is -2.28. The highest BCUT2D eigenvalue weighted by Gasteiger charge is 2.34. The third-order valence-corrected chi connectivity index (χ3v) is 5.09. The summed E-state index contributed by atoms with van der Waals surface area (Å²) >= 11 is 0. The number of hydrogen-bond acceptors (Lipinski definition) is 5. The second-order valence-corrected chi connectivity index (χ2v) is 7.24. The highest BCUT2D eigenvalue weighted by molar-refractivity contribution is 5.76. The molecule has 1 aliphatic carbocycles. The maximum atomic E-state index is 13.9. The van der Waals surface area contributed by atoms with Gasteiger partial charge in [-0.3, -0.25) is 9.69 Å². The molecule has 3 atom stereocenters. The van der Waals surface area contributed by atoms with Crippen molar-refractivity contribution in [1.29, 1.82) is 0 Å². The Morgan fingerprint density at radius 3 is 3.04 bits per heavy atom. The van der Waals surface area contributed by atoms with Gasteiger partial charge in [-0.15, -0.1) is 0 Å². The number of carbonyl (C=O) groups excluding carboxylic acids is 1. The van der Waals surface area contributed by atoms with Crippen LogP contribution in [0.15, 0.2) is 16.7 Å². The van der Waals surface area contributed by atoms with Crippen LogP contribution in [0.3, 0.4) is 0 Å². The number of likely N-dealkylation sites (tertiary alicyclic amines) is 1. The molecule has 0 aromatic carbocycles. The van der Waals surface area contributed by atoms with Crippen LogP contribution in [-0.2, 0) is 11.3 Å². The molecule has 1 amide bonds. The standard InChI is InChI=1S/C18H27FN4O2/c1-13-20-17(21-25-13)12-23-10-15(19)9-16(23)11-22(2)18(24)8-14-6-4-3-5-7-14/h4,6,14-16H,3,5,7-12H2,1-2H3/t14?,15-,16-/m0/s1. The third-order valence-electron chi connectivity index (χ3n) is 5.09. The van der Waals surface area contributed by atoms with E-state index in [1.807, 2.05) is 11.9 Å². The van der Waals surface area contributed by atoms with E-state index in [0.29, 0.717) is 50.1 Å². The molecule has 1 saturated heterocycles. The average Bonchev–Trinajstić information content (AvgIpc) is 3.14. The van der Waals surface area contributed by atoms with Gasteiger partial charge in [0.2, 0.25) is 11.8 Å². The van der Waals surface area contributed by atoms with E-state index in [9.17, 15) is 9.18 Å². The largest absolute Gasteiger partial charge is 0.344 e. The number of likely N-dealkylation sites (N-methyl/N-ethyl adjacent to an activating group) is 1. The van der Waals surface area contributed by atoms with Gasteiger partial charge in [-0.1, -0.05) is 17.3 Å². The summed E-state index contributed by atoms with van der Waals surface area (Å²) in [6.45, 7) is 3.08. The summed E-state index contributed by atoms with van der Waals surface area (Å²) in [4.78, 5) is 20.4. The van der Waals surface area contributed by atoms with E-state index in [4.69, 9.17) is 4.52 Å². The fourth-order valence-corrected chi connectivity index (χ4v) is 3.74. The van der Waals surface area contributed by atoms with Crippen LogP contribution in [0.4, 0.5) is 4.39 Å². The Bertz CT molecular complexity index is 618. The fraction of sp³-hybridized carbons (Fsp3) is 0.722. The van der Waals surface area contributed by atoms with E-state index < -0.39 is 6.17 Å². The number of allylic oxidation sites excluding steroid dienone is 2. The van der Waals surface area contributed by atoms with Crippen LogP contribution in [0.25, 0.3) is 0 Å². The first kappa shape index (κ1) is 18.0. The second-order valence-electron chi connectivity index (χ2n) is 7.24. The molecule has 1 aromatic heterocycles. The molecule has 138 valence electrons. The molecule has 0 radical (unpaired) electrons. The van der Waals surface area contributed by atoms with Crippen LogP contribution in [0.1, 0.15) is 43.8 Å². The molecular weight excluding hydrogens is 323 g/mol. The van der Waals surface area contributed by atoms with Gasteiger partial charge in [-0.2, -0.15) is 4.98 Å². The summed E-state index contributed by atoms with van der Waals surface area (Å²) < 4.78 is 18.9. The van der Waals surface area contributed by atoms with Crippen LogP contribution < -0.4 is 0 Å². The maximum absolute atomic E-state index is 13.9. The first-order valence-electron chi connectivity index (χ1n) is 9.09. The summed E-state index contributed by atoms with van der Waals surface area (Å²) in [5.74, 6) is 1.56. The van der Waals surface area contributed by atoms with Crippen molar-refractivity contribution in [2.24, 2.45) is 5.92 Å². The molecule has 1 fully saturated rings. The molecule has 7 heteroatoms. The lowest BCUT2D eigenvalue weighted by molar-refractivity contribution is -0.131. The first-order chi connectivity index (χ1) is 12.0. The monoisotopic (exact) mass is 350 g/mol. The van der Waals surface area contributed by atoms with Crippen LogP contribution >= 0.6 is 0 Å². The SMILES string of the molecule is Cc1nc(CN2C[C@@H](F)C[C@H]2CN(C)C(=O)CC2C=CCCC2)no1. The minimum atomic E-state index is -0.872. The summed E-state index contributed by atoms with van der Waals surface area (Å²) in [5, 5.41) is 3.89. The molecule has 1 unspecified atom stereocenters. The number of carbonyl (C=O) groups is 1. The van der Waals surface area contributed by atoms with Crippen molar-refractivity contribution >= 4 is 5.91 Å². The number of rotatable bonds is 6. The highest BCUT2D eigenvalue weighted by atomic mass is 19.1. The van der Waals surface area contributed by atoms with Crippen molar-refractivity contribution in [1.82, 2.24) is 19.9 Å². The summed E-state index contributed by atoms with van der Waals surface area (Å²) in [6, 6.07) is -0.00958. The fourth-order valence-electron chi connectivity index (χ4n) is 3.74. The zero-order valence-corrected chi connectivity index (χ0v) is 15.0. The first-order valence-corrected chi connectivity index (χ1v) is 9.09. The van der Waals surface area contributed by atoms with Crippen molar-refractivity contribution in [2.45, 2.75) is 57.8 Å². The van der Waals surface area contributed by atoms with Gasteiger partial charge in [-0.25, -0.2) is 4.39 Å². The Kier molecular flexibility index (Phi) is 5.83. The summed E-state index contributed by atoms with van der Waals surface area (Å²) in [7, 11) is 1.82. The Hall–Kier alpha value is -1.76. The molecule has 0 saturated carbocycles. The molecule has 0 spiro atoms. The number of aryl methyl sites for hydroxylation is 1. The number of halogens is 1. The van der Waals surface area contributed by atoms with Gasteiger partial charge in [0.25, 0.3) is 0 Å². The van der Waals surface area contributed by atoms with Gasteiger partial charge in [0.1, 0.15) is 6.17 Å². The molecule has 1 aromatic rings. The summed E-state index contributed by atoms with van der Waals surface area (Å²) in [5.41, 5.74) is 0. The Morgan fingerprint density at radius 1 is 1.52 bits per heavy atom. The molecule has 3 rings (SSSR count). The molecular formula is C18H27FN4O2. The predicted molar refractivity (Wildman–Crippen MR) is 91.5 cm³/mol. The van der Waals surface area contributed by atoms with Gasteiger partial charge in [0.15, 0.2) is 5.82 Å². The van der Waals surface area contributed by atoms with E-state index in [-0.39, 0.29) is 11.9 Å². The lowest BCUT2D eigenvalue weighted by atomic mass is 9.92. The van der Waals surface area contributed by atoms with E-state index in [1.54, 1.807) is 11.8 Å². The molecule has 1 aliphatic heterocycles. The smallest absolute Gasteiger partial charge is 0.223 e. The van der Waals surface area contributed by atoms with E-state index in [0.717, 1.165) is 19.3 Å². The molecule has 6 nitrogen and oxygen atoms in total. The zero-order valence-electron chi connectivity index (χ0n) is 15.0. The molecule has 0 N–H and O–H groups in total. The number of alkyl halides is 1. The van der Waals surface area contributed by atoms with Crippen molar-refractivity contribution in [3.8, 4) is 0 Å². The van der Waals surface area contributed by atoms with Gasteiger partial charge in [-0.05, 0) is 31.6 Å². The van der Waals surface area contributed by atoms with Crippen molar-refractivity contribution < 1.29 is 13.7 Å². The zero-order chi connectivity index (χ0) is 17.8. The van der Waals surface area contributed by atoms with Gasteiger partial charge in [0.05, 0.1) is 6.54 Å². The van der Waals surface area contributed by atoms with Crippen LogP contribution in [0.5, 0.6) is 0 Å². The van der Waals surface area contributed by atoms with Crippen LogP contribution in [0.2, 0.25) is 0 Å². The topological polar surface area (TPSA) is 62.5 Å². The predicted octanol–water partition coefficient (Wildman–Crippen LogP) is 2.50. The summed E-state index contributed by atoms with van der Waals surface area (Å²) in [6.07, 6.45) is 7.79. The lowest BCUT2D eigenvalue weighted by Crippen LogP contribution is -2.41.